The van der Waals surface area contributed by atoms with Crippen LogP contribution >= 0.6 is 11.3 Å². The van der Waals surface area contributed by atoms with Crippen LogP contribution in [-0.2, 0) is 24.1 Å². The summed E-state index contributed by atoms with van der Waals surface area (Å²) in [4.78, 5) is 27.5. The Morgan fingerprint density at radius 1 is 1.21 bits per heavy atom. The molecule has 9 nitrogen and oxygen atoms in total. The van der Waals surface area contributed by atoms with Crippen LogP contribution in [0.3, 0.4) is 0 Å². The van der Waals surface area contributed by atoms with E-state index in [0.29, 0.717) is 13.0 Å². The molecule has 0 saturated heterocycles. The van der Waals surface area contributed by atoms with Crippen LogP contribution in [0, 0.1) is 0 Å². The second-order valence-corrected chi connectivity index (χ2v) is 9.27. The molecule has 0 spiro atoms. The number of hydrogen-bond acceptors (Lipinski definition) is 8. The number of aromatic amines is 1. The zero-order valence-electron chi connectivity index (χ0n) is 18.1. The SMILES string of the molecule is O=C(NCc1ccncc1)OC1CCc2c(sc3ncnc(Nc4ccc5[nH]ncc5c4)c23)C1. The van der Waals surface area contributed by atoms with Gasteiger partial charge in [-0.2, -0.15) is 5.10 Å². The lowest BCUT2D eigenvalue weighted by Gasteiger charge is -2.22. The summed E-state index contributed by atoms with van der Waals surface area (Å²) in [5.74, 6) is 0.791. The number of aromatic nitrogens is 5. The van der Waals surface area contributed by atoms with Gasteiger partial charge in [0.25, 0.3) is 0 Å². The number of carbonyl (C=O) groups excluding carboxylic acids is 1. The fourth-order valence-electron chi connectivity index (χ4n) is 4.30. The summed E-state index contributed by atoms with van der Waals surface area (Å²) in [5, 5.41) is 15.4. The normalized spacial score (nSPS) is 15.2. The number of alkyl carbamates (subject to hydrolysis) is 1. The number of nitrogens with one attached hydrogen (secondary N) is 3. The van der Waals surface area contributed by atoms with Crippen molar-refractivity contribution < 1.29 is 9.53 Å². The van der Waals surface area contributed by atoms with Gasteiger partial charge in [-0.1, -0.05) is 0 Å². The van der Waals surface area contributed by atoms with Crippen molar-refractivity contribution in [3.05, 3.63) is 71.3 Å². The maximum atomic E-state index is 12.3. The van der Waals surface area contributed by atoms with Crippen LogP contribution in [0.4, 0.5) is 16.3 Å². The largest absolute Gasteiger partial charge is 0.446 e. The van der Waals surface area contributed by atoms with Gasteiger partial charge in [-0.05, 0) is 54.3 Å². The topological polar surface area (TPSA) is 118 Å². The van der Waals surface area contributed by atoms with Gasteiger partial charge in [0, 0.05) is 41.3 Å². The van der Waals surface area contributed by atoms with Crippen LogP contribution in [0.5, 0.6) is 0 Å². The van der Waals surface area contributed by atoms with Gasteiger partial charge >= 0.3 is 6.09 Å². The number of anilines is 2. The second kappa shape index (κ2) is 8.71. The molecule has 1 aliphatic carbocycles. The number of hydrogen-bond donors (Lipinski definition) is 3. The number of thiophene rings is 1. The molecule has 34 heavy (non-hydrogen) atoms. The van der Waals surface area contributed by atoms with Crippen molar-refractivity contribution in [1.29, 1.82) is 0 Å². The van der Waals surface area contributed by atoms with Gasteiger partial charge < -0.3 is 15.4 Å². The summed E-state index contributed by atoms with van der Waals surface area (Å²) >= 11 is 1.64. The van der Waals surface area contributed by atoms with E-state index >= 15 is 0 Å². The molecule has 0 fully saturated rings. The molecule has 5 aromatic rings. The number of carbonyl (C=O) groups is 1. The van der Waals surface area contributed by atoms with Crippen molar-refractivity contribution in [2.45, 2.75) is 31.9 Å². The Hall–Kier alpha value is -4.05. The minimum atomic E-state index is -0.400. The highest BCUT2D eigenvalue weighted by Gasteiger charge is 2.27. The van der Waals surface area contributed by atoms with E-state index in [0.717, 1.165) is 51.0 Å². The molecule has 0 aliphatic heterocycles. The summed E-state index contributed by atoms with van der Waals surface area (Å²) in [5.41, 5.74) is 4.15. The average Bonchev–Trinajstić information content (AvgIpc) is 3.47. The van der Waals surface area contributed by atoms with Gasteiger partial charge in [-0.25, -0.2) is 14.8 Å². The van der Waals surface area contributed by atoms with Crippen molar-refractivity contribution in [2.75, 3.05) is 5.32 Å². The average molecular weight is 472 g/mol. The van der Waals surface area contributed by atoms with E-state index < -0.39 is 6.09 Å². The van der Waals surface area contributed by atoms with Gasteiger partial charge in [-0.3, -0.25) is 10.1 Å². The predicted octanol–water partition coefficient (Wildman–Crippen LogP) is 4.49. The Morgan fingerprint density at radius 2 is 2.12 bits per heavy atom. The summed E-state index contributed by atoms with van der Waals surface area (Å²) < 4.78 is 5.71. The van der Waals surface area contributed by atoms with Gasteiger partial charge in [0.1, 0.15) is 23.1 Å². The number of H-pyrrole nitrogens is 1. The van der Waals surface area contributed by atoms with Gasteiger partial charge in [0.2, 0.25) is 0 Å². The monoisotopic (exact) mass is 471 g/mol. The van der Waals surface area contributed by atoms with E-state index in [-0.39, 0.29) is 6.10 Å². The first-order valence-electron chi connectivity index (χ1n) is 11.0. The van der Waals surface area contributed by atoms with Crippen LogP contribution < -0.4 is 10.6 Å². The molecular weight excluding hydrogens is 450 g/mol. The van der Waals surface area contributed by atoms with Crippen LogP contribution in [0.1, 0.15) is 22.4 Å². The standard InChI is InChI=1S/C24H21N7O2S/c32-24(26-11-14-5-7-25-8-6-14)33-17-2-3-18-20(10-17)34-23-21(18)22(27-13-28-23)30-16-1-4-19-15(9-16)12-29-31-19/h1,4-9,12-13,17H,2-3,10-11H2,(H,26,32)(H,29,31)(H,27,28,30). The van der Waals surface area contributed by atoms with Crippen molar-refractivity contribution in [3.63, 3.8) is 0 Å². The Balaban J connectivity index is 1.18. The molecule has 1 amide bonds. The van der Waals surface area contributed by atoms with Crippen LogP contribution in [0.25, 0.3) is 21.1 Å². The molecule has 4 heterocycles. The molecule has 1 atom stereocenters. The fourth-order valence-corrected chi connectivity index (χ4v) is 5.55. The summed E-state index contributed by atoms with van der Waals surface area (Å²) in [7, 11) is 0. The Labute approximate surface area is 198 Å². The van der Waals surface area contributed by atoms with Crippen molar-refractivity contribution in [2.24, 2.45) is 0 Å². The zero-order chi connectivity index (χ0) is 22.9. The number of rotatable bonds is 5. The number of fused-ring (bicyclic) bond motifs is 4. The predicted molar refractivity (Wildman–Crippen MR) is 130 cm³/mol. The summed E-state index contributed by atoms with van der Waals surface area (Å²) in [6.45, 7) is 0.414. The number of aryl methyl sites for hydroxylation is 1. The molecule has 170 valence electrons. The molecule has 0 bridgehead atoms. The molecule has 4 aromatic heterocycles. The van der Waals surface area contributed by atoms with E-state index in [1.54, 1.807) is 36.3 Å². The lowest BCUT2D eigenvalue weighted by atomic mass is 9.94. The third kappa shape index (κ3) is 4.03. The zero-order valence-corrected chi connectivity index (χ0v) is 18.9. The molecule has 10 heteroatoms. The van der Waals surface area contributed by atoms with E-state index in [1.165, 1.54) is 10.4 Å². The first-order valence-corrected chi connectivity index (χ1v) is 11.8. The molecule has 1 unspecified atom stereocenters. The minimum absolute atomic E-state index is 0.161. The third-order valence-electron chi connectivity index (χ3n) is 5.96. The molecule has 3 N–H and O–H groups in total. The van der Waals surface area contributed by atoms with Gasteiger partial charge in [0.15, 0.2) is 0 Å². The molecule has 1 aromatic carbocycles. The van der Waals surface area contributed by atoms with Gasteiger partial charge in [0.05, 0.1) is 17.1 Å². The lowest BCUT2D eigenvalue weighted by molar-refractivity contribution is 0.0899. The van der Waals surface area contributed by atoms with E-state index in [9.17, 15) is 4.79 Å². The highest BCUT2D eigenvalue weighted by atomic mass is 32.1. The Morgan fingerprint density at radius 3 is 3.03 bits per heavy atom. The minimum Gasteiger partial charge on any atom is -0.446 e. The maximum absolute atomic E-state index is 12.3. The number of ether oxygens (including phenoxy) is 1. The van der Waals surface area contributed by atoms with Crippen molar-refractivity contribution in [3.8, 4) is 0 Å². The quantitative estimate of drug-likeness (QED) is 0.346. The number of amides is 1. The summed E-state index contributed by atoms with van der Waals surface area (Å²) in [6, 6.07) is 9.77. The van der Waals surface area contributed by atoms with Gasteiger partial charge in [-0.15, -0.1) is 11.3 Å². The van der Waals surface area contributed by atoms with E-state index in [1.807, 2.05) is 30.3 Å². The molecule has 6 rings (SSSR count). The number of nitrogens with zero attached hydrogens (tertiary/aromatic N) is 4. The number of benzene rings is 1. The summed E-state index contributed by atoms with van der Waals surface area (Å²) in [6.07, 6.45) is 8.48. The van der Waals surface area contributed by atoms with E-state index in [2.05, 4.69) is 35.8 Å². The Kier molecular flexibility index (Phi) is 5.27. The van der Waals surface area contributed by atoms with Crippen molar-refractivity contribution in [1.82, 2.24) is 30.5 Å². The molecule has 0 saturated carbocycles. The lowest BCUT2D eigenvalue weighted by Crippen LogP contribution is -2.31. The van der Waals surface area contributed by atoms with E-state index in [4.69, 9.17) is 4.74 Å². The fraction of sp³-hybridized carbons (Fsp3) is 0.208. The van der Waals surface area contributed by atoms with Crippen LogP contribution in [-0.4, -0.2) is 37.3 Å². The highest BCUT2D eigenvalue weighted by molar-refractivity contribution is 7.19. The first-order chi connectivity index (χ1) is 16.7. The Bertz CT molecular complexity index is 1480. The number of pyridine rings is 1. The second-order valence-electron chi connectivity index (χ2n) is 8.18. The highest BCUT2D eigenvalue weighted by Crippen LogP contribution is 2.39. The maximum Gasteiger partial charge on any atom is 0.407 e. The van der Waals surface area contributed by atoms with Crippen LogP contribution in [0.2, 0.25) is 0 Å². The molecule has 1 aliphatic rings. The van der Waals surface area contributed by atoms with Crippen molar-refractivity contribution >= 4 is 50.1 Å². The first kappa shape index (κ1) is 20.5. The van der Waals surface area contributed by atoms with Crippen LogP contribution in [0.15, 0.2) is 55.2 Å². The molecular formula is C24H21N7O2S. The smallest absolute Gasteiger partial charge is 0.407 e. The molecule has 0 radical (unpaired) electrons. The third-order valence-corrected chi connectivity index (χ3v) is 7.13.